The maximum atomic E-state index is 8.99. The number of hydrogen-bond donors (Lipinski definition) is 2. The standard InChI is InChI=1S/C10H20O2S/c1-2-3-4-5-6-7-13-9-10(12)8-11/h6-7,10-12H,2-5,8-9H2,1H3. The van der Waals surface area contributed by atoms with Gasteiger partial charge in [-0.2, -0.15) is 0 Å². The fourth-order valence-electron chi connectivity index (χ4n) is 0.868. The number of aliphatic hydroxyl groups is 2. The van der Waals surface area contributed by atoms with Gasteiger partial charge in [0.2, 0.25) is 0 Å². The van der Waals surface area contributed by atoms with Crippen LogP contribution in [0.2, 0.25) is 0 Å². The highest BCUT2D eigenvalue weighted by molar-refractivity contribution is 8.02. The van der Waals surface area contributed by atoms with E-state index in [2.05, 4.69) is 13.0 Å². The van der Waals surface area contributed by atoms with Crippen LogP contribution in [-0.4, -0.2) is 28.7 Å². The van der Waals surface area contributed by atoms with E-state index in [1.807, 2.05) is 5.41 Å². The topological polar surface area (TPSA) is 40.5 Å². The third-order valence-corrected chi connectivity index (χ3v) is 2.63. The summed E-state index contributed by atoms with van der Waals surface area (Å²) >= 11 is 1.55. The maximum Gasteiger partial charge on any atom is 0.0864 e. The zero-order chi connectivity index (χ0) is 9.94. The van der Waals surface area contributed by atoms with Crippen LogP contribution >= 0.6 is 11.8 Å². The van der Waals surface area contributed by atoms with Crippen molar-refractivity contribution in [1.82, 2.24) is 0 Å². The lowest BCUT2D eigenvalue weighted by molar-refractivity contribution is 0.113. The second-order valence-corrected chi connectivity index (χ2v) is 3.98. The molecule has 0 saturated carbocycles. The Hall–Kier alpha value is 0.01000. The Bertz CT molecular complexity index is 126. The minimum atomic E-state index is -0.578. The monoisotopic (exact) mass is 204 g/mol. The highest BCUT2D eigenvalue weighted by Crippen LogP contribution is 2.07. The zero-order valence-electron chi connectivity index (χ0n) is 8.28. The number of aliphatic hydroxyl groups excluding tert-OH is 2. The van der Waals surface area contributed by atoms with Gasteiger partial charge >= 0.3 is 0 Å². The van der Waals surface area contributed by atoms with Crippen molar-refractivity contribution in [3.63, 3.8) is 0 Å². The van der Waals surface area contributed by atoms with Gasteiger partial charge in [-0.1, -0.05) is 25.8 Å². The molecule has 78 valence electrons. The Morgan fingerprint density at radius 3 is 2.77 bits per heavy atom. The average Bonchev–Trinajstić information content (AvgIpc) is 2.16. The molecule has 0 amide bonds. The molecular formula is C10H20O2S. The molecule has 2 nitrogen and oxygen atoms in total. The summed E-state index contributed by atoms with van der Waals surface area (Å²) in [7, 11) is 0. The molecule has 0 aromatic rings. The van der Waals surface area contributed by atoms with Gasteiger partial charge in [0, 0.05) is 5.75 Å². The van der Waals surface area contributed by atoms with Gasteiger partial charge in [-0.05, 0) is 18.2 Å². The molecule has 0 aliphatic heterocycles. The van der Waals surface area contributed by atoms with E-state index in [9.17, 15) is 0 Å². The molecule has 0 rings (SSSR count). The summed E-state index contributed by atoms with van der Waals surface area (Å²) < 4.78 is 0. The third kappa shape index (κ3) is 9.93. The molecule has 0 bridgehead atoms. The Labute approximate surface area is 85.0 Å². The van der Waals surface area contributed by atoms with Crippen LogP contribution in [0.3, 0.4) is 0 Å². The van der Waals surface area contributed by atoms with Crippen molar-refractivity contribution in [2.24, 2.45) is 0 Å². The van der Waals surface area contributed by atoms with E-state index in [4.69, 9.17) is 10.2 Å². The maximum absolute atomic E-state index is 8.99. The smallest absolute Gasteiger partial charge is 0.0864 e. The molecule has 0 fully saturated rings. The minimum absolute atomic E-state index is 0.142. The molecule has 0 aliphatic rings. The summed E-state index contributed by atoms with van der Waals surface area (Å²) in [4.78, 5) is 0. The van der Waals surface area contributed by atoms with Crippen molar-refractivity contribution < 1.29 is 10.2 Å². The average molecular weight is 204 g/mol. The lowest BCUT2D eigenvalue weighted by atomic mass is 10.2. The molecule has 13 heavy (non-hydrogen) atoms. The van der Waals surface area contributed by atoms with Crippen molar-refractivity contribution in [3.8, 4) is 0 Å². The second-order valence-electron chi connectivity index (χ2n) is 3.04. The molecule has 1 atom stereocenters. The number of hydrogen-bond acceptors (Lipinski definition) is 3. The van der Waals surface area contributed by atoms with Gasteiger partial charge in [-0.15, -0.1) is 11.8 Å². The Morgan fingerprint density at radius 1 is 1.38 bits per heavy atom. The third-order valence-electron chi connectivity index (χ3n) is 1.67. The number of rotatable bonds is 8. The van der Waals surface area contributed by atoms with Crippen LogP contribution in [0, 0.1) is 0 Å². The van der Waals surface area contributed by atoms with Gasteiger partial charge in [0.05, 0.1) is 12.7 Å². The molecule has 0 saturated heterocycles. The number of unbranched alkanes of at least 4 members (excludes halogenated alkanes) is 3. The van der Waals surface area contributed by atoms with E-state index >= 15 is 0 Å². The van der Waals surface area contributed by atoms with Crippen LogP contribution < -0.4 is 0 Å². The number of thioether (sulfide) groups is 1. The first-order valence-corrected chi connectivity index (χ1v) is 5.91. The Kier molecular flexibility index (Phi) is 10.1. The van der Waals surface area contributed by atoms with Crippen LogP contribution in [0.25, 0.3) is 0 Å². The highest BCUT2D eigenvalue weighted by atomic mass is 32.2. The van der Waals surface area contributed by atoms with Crippen molar-refractivity contribution in [2.75, 3.05) is 12.4 Å². The summed E-state index contributed by atoms with van der Waals surface area (Å²) in [5.74, 6) is 0.584. The van der Waals surface area contributed by atoms with Crippen molar-refractivity contribution in [1.29, 1.82) is 0 Å². The van der Waals surface area contributed by atoms with Gasteiger partial charge in [0.15, 0.2) is 0 Å². The van der Waals surface area contributed by atoms with Crippen LogP contribution in [0.4, 0.5) is 0 Å². The molecule has 0 heterocycles. The van der Waals surface area contributed by atoms with Crippen LogP contribution in [0.5, 0.6) is 0 Å². The van der Waals surface area contributed by atoms with Crippen LogP contribution in [0.15, 0.2) is 11.5 Å². The Morgan fingerprint density at radius 2 is 2.15 bits per heavy atom. The Balaban J connectivity index is 3.12. The highest BCUT2D eigenvalue weighted by Gasteiger charge is 1.98. The molecule has 3 heteroatoms. The van der Waals surface area contributed by atoms with Crippen molar-refractivity contribution in [2.45, 2.75) is 38.7 Å². The summed E-state index contributed by atoms with van der Waals surface area (Å²) in [5.41, 5.74) is 0. The van der Waals surface area contributed by atoms with Gasteiger partial charge < -0.3 is 10.2 Å². The molecule has 0 aliphatic carbocycles. The lowest BCUT2D eigenvalue weighted by Gasteiger charge is -2.02. The van der Waals surface area contributed by atoms with E-state index in [0.29, 0.717) is 5.75 Å². The second kappa shape index (κ2) is 10.1. The fourth-order valence-corrected chi connectivity index (χ4v) is 1.58. The normalized spacial score (nSPS) is 13.8. The minimum Gasteiger partial charge on any atom is -0.394 e. The first-order chi connectivity index (χ1) is 6.31. The molecule has 0 aromatic heterocycles. The van der Waals surface area contributed by atoms with E-state index < -0.39 is 6.10 Å². The summed E-state index contributed by atoms with van der Waals surface area (Å²) in [6.07, 6.45) is 6.46. The van der Waals surface area contributed by atoms with Gasteiger partial charge in [-0.25, -0.2) is 0 Å². The number of allylic oxidation sites excluding steroid dienone is 1. The molecule has 0 radical (unpaired) electrons. The summed E-state index contributed by atoms with van der Waals surface area (Å²) in [5, 5.41) is 19.5. The first-order valence-electron chi connectivity index (χ1n) is 4.86. The van der Waals surface area contributed by atoms with Gasteiger partial charge in [0.25, 0.3) is 0 Å². The SMILES string of the molecule is CCCCCC=CSCC(O)CO. The lowest BCUT2D eigenvalue weighted by Crippen LogP contribution is -2.13. The molecule has 0 aromatic carbocycles. The van der Waals surface area contributed by atoms with E-state index in [0.717, 1.165) is 6.42 Å². The van der Waals surface area contributed by atoms with Gasteiger partial charge in [0.1, 0.15) is 0 Å². The molecular weight excluding hydrogens is 184 g/mol. The first kappa shape index (κ1) is 13.0. The van der Waals surface area contributed by atoms with E-state index in [-0.39, 0.29) is 6.61 Å². The zero-order valence-corrected chi connectivity index (χ0v) is 9.09. The predicted octanol–water partition coefficient (Wildman–Crippen LogP) is 2.17. The predicted molar refractivity (Wildman–Crippen MR) is 58.8 cm³/mol. The van der Waals surface area contributed by atoms with E-state index in [1.165, 1.54) is 19.3 Å². The largest absolute Gasteiger partial charge is 0.394 e. The van der Waals surface area contributed by atoms with Crippen molar-refractivity contribution in [3.05, 3.63) is 11.5 Å². The summed E-state index contributed by atoms with van der Waals surface area (Å²) in [6, 6.07) is 0. The molecule has 0 spiro atoms. The fraction of sp³-hybridized carbons (Fsp3) is 0.800. The van der Waals surface area contributed by atoms with Gasteiger partial charge in [-0.3, -0.25) is 0 Å². The molecule has 2 N–H and O–H groups in total. The summed E-state index contributed by atoms with van der Waals surface area (Å²) in [6.45, 7) is 2.05. The quantitative estimate of drug-likeness (QED) is 0.595. The molecule has 1 unspecified atom stereocenters. The van der Waals surface area contributed by atoms with Crippen LogP contribution in [-0.2, 0) is 0 Å². The van der Waals surface area contributed by atoms with Crippen LogP contribution in [0.1, 0.15) is 32.6 Å². The van der Waals surface area contributed by atoms with Crippen molar-refractivity contribution >= 4 is 11.8 Å². The van der Waals surface area contributed by atoms with E-state index in [1.54, 1.807) is 11.8 Å².